The van der Waals surface area contributed by atoms with E-state index < -0.39 is 0 Å². The third-order valence-electron chi connectivity index (χ3n) is 3.48. The molecule has 0 bridgehead atoms. The minimum absolute atomic E-state index is 0.0457. The van der Waals surface area contributed by atoms with E-state index >= 15 is 0 Å². The first-order valence-electron chi connectivity index (χ1n) is 6.92. The Kier molecular flexibility index (Phi) is 5.34. The Bertz CT molecular complexity index is 417. The number of thioether (sulfide) groups is 1. The summed E-state index contributed by atoms with van der Waals surface area (Å²) in [4.78, 5) is 12.1. The molecule has 2 rings (SSSR count). The second kappa shape index (κ2) is 7.01. The number of carbonyl (C=O) groups excluding carboxylic acids is 1. The minimum atomic E-state index is -0.0457. The monoisotopic (exact) mass is 282 g/mol. The average molecular weight is 282 g/mol. The molecule has 106 valence electrons. The van der Waals surface area contributed by atoms with Gasteiger partial charge in [-0.3, -0.25) is 4.79 Å². The van der Waals surface area contributed by atoms with Gasteiger partial charge in [0.25, 0.3) is 5.91 Å². The van der Waals surface area contributed by atoms with E-state index in [-0.39, 0.29) is 5.91 Å². The van der Waals surface area contributed by atoms with Crippen molar-refractivity contribution in [2.75, 3.05) is 5.75 Å². The van der Waals surface area contributed by atoms with E-state index in [0.717, 1.165) is 18.6 Å². The quantitative estimate of drug-likeness (QED) is 0.871. The highest BCUT2D eigenvalue weighted by molar-refractivity contribution is 7.99. The Morgan fingerprint density at radius 1 is 1.58 bits per heavy atom. The van der Waals surface area contributed by atoms with Gasteiger partial charge in [0.05, 0.1) is 12.1 Å². The van der Waals surface area contributed by atoms with Gasteiger partial charge in [-0.2, -0.15) is 11.8 Å². The van der Waals surface area contributed by atoms with Crippen molar-refractivity contribution in [3.05, 3.63) is 23.7 Å². The number of nitrogens with one attached hydrogen (secondary N) is 1. The first-order valence-corrected chi connectivity index (χ1v) is 7.97. The van der Waals surface area contributed by atoms with Crippen LogP contribution < -0.4 is 11.1 Å². The third kappa shape index (κ3) is 4.01. The molecule has 3 N–H and O–H groups in total. The second-order valence-electron chi connectivity index (χ2n) is 4.92. The lowest BCUT2D eigenvalue weighted by Crippen LogP contribution is -2.39. The zero-order valence-corrected chi connectivity index (χ0v) is 12.2. The van der Waals surface area contributed by atoms with Gasteiger partial charge in [0.1, 0.15) is 12.0 Å². The molecule has 4 nitrogen and oxygen atoms in total. The van der Waals surface area contributed by atoms with Crippen LogP contribution in [-0.4, -0.2) is 23.0 Å². The molecule has 5 heteroatoms. The van der Waals surface area contributed by atoms with Crippen LogP contribution in [0.2, 0.25) is 0 Å². The highest BCUT2D eigenvalue weighted by atomic mass is 32.2. The number of rotatable bonds is 5. The zero-order valence-electron chi connectivity index (χ0n) is 11.4. The van der Waals surface area contributed by atoms with Gasteiger partial charge >= 0.3 is 0 Å². The van der Waals surface area contributed by atoms with E-state index in [9.17, 15) is 4.79 Å². The number of hydrogen-bond acceptors (Lipinski definition) is 4. The molecular formula is C14H22N2O2S. The lowest BCUT2D eigenvalue weighted by atomic mass is 9.95. The highest BCUT2D eigenvalue weighted by Crippen LogP contribution is 2.28. The Hall–Kier alpha value is -0.940. The molecule has 2 unspecified atom stereocenters. The molecule has 1 amide bonds. The van der Waals surface area contributed by atoms with Gasteiger partial charge in [-0.15, -0.1) is 0 Å². The molecule has 19 heavy (non-hydrogen) atoms. The molecule has 0 aromatic carbocycles. The maximum atomic E-state index is 12.1. The van der Waals surface area contributed by atoms with Crippen LogP contribution in [0.1, 0.15) is 48.7 Å². The fourth-order valence-electron chi connectivity index (χ4n) is 2.54. The van der Waals surface area contributed by atoms with E-state index in [0.29, 0.717) is 29.2 Å². The molecular weight excluding hydrogens is 260 g/mol. The number of amides is 1. The number of hydrogen-bond donors (Lipinski definition) is 2. The summed E-state index contributed by atoms with van der Waals surface area (Å²) in [5, 5.41) is 3.80. The van der Waals surface area contributed by atoms with Crippen LogP contribution in [0.3, 0.4) is 0 Å². The van der Waals surface area contributed by atoms with Gasteiger partial charge < -0.3 is 15.5 Å². The van der Waals surface area contributed by atoms with Crippen molar-refractivity contribution in [3.63, 3.8) is 0 Å². The maximum absolute atomic E-state index is 12.1. The van der Waals surface area contributed by atoms with Gasteiger partial charge in [-0.1, -0.05) is 13.3 Å². The summed E-state index contributed by atoms with van der Waals surface area (Å²) in [5.74, 6) is 1.75. The normalized spacial score (nSPS) is 23.3. The molecule has 0 radical (unpaired) electrons. The Morgan fingerprint density at radius 3 is 3.11 bits per heavy atom. The van der Waals surface area contributed by atoms with Gasteiger partial charge in [-0.05, 0) is 31.1 Å². The maximum Gasteiger partial charge on any atom is 0.254 e. The van der Waals surface area contributed by atoms with Gasteiger partial charge in [0.15, 0.2) is 0 Å². The molecule has 1 aromatic heterocycles. The zero-order chi connectivity index (χ0) is 13.7. The predicted octanol–water partition coefficient (Wildman–Crippen LogP) is 2.53. The summed E-state index contributed by atoms with van der Waals surface area (Å²) in [5.41, 5.74) is 6.05. The van der Waals surface area contributed by atoms with Gasteiger partial charge in [0.2, 0.25) is 0 Å². The largest absolute Gasteiger partial charge is 0.467 e. The average Bonchev–Trinajstić information content (AvgIpc) is 2.88. The summed E-state index contributed by atoms with van der Waals surface area (Å²) in [7, 11) is 0. The number of carbonyl (C=O) groups is 1. The fourth-order valence-corrected chi connectivity index (χ4v) is 3.71. The van der Waals surface area contributed by atoms with Crippen LogP contribution in [0.4, 0.5) is 0 Å². The summed E-state index contributed by atoms with van der Waals surface area (Å²) >= 11 is 2.00. The van der Waals surface area contributed by atoms with Crippen LogP contribution in [0.15, 0.2) is 16.7 Å². The summed E-state index contributed by atoms with van der Waals surface area (Å²) < 4.78 is 5.19. The molecule has 2 atom stereocenters. The van der Waals surface area contributed by atoms with E-state index in [2.05, 4.69) is 12.2 Å². The van der Waals surface area contributed by atoms with Crippen molar-refractivity contribution in [3.8, 4) is 0 Å². The Labute approximate surface area is 118 Å². The van der Waals surface area contributed by atoms with E-state index in [1.807, 2.05) is 11.8 Å². The van der Waals surface area contributed by atoms with Crippen LogP contribution in [0.5, 0.6) is 0 Å². The number of furan rings is 1. The van der Waals surface area contributed by atoms with Crippen molar-refractivity contribution in [1.82, 2.24) is 5.32 Å². The fraction of sp³-hybridized carbons (Fsp3) is 0.643. The highest BCUT2D eigenvalue weighted by Gasteiger charge is 2.23. The topological polar surface area (TPSA) is 68.3 Å². The molecule has 0 saturated heterocycles. The van der Waals surface area contributed by atoms with Crippen molar-refractivity contribution < 1.29 is 9.21 Å². The van der Waals surface area contributed by atoms with Crippen LogP contribution in [0.25, 0.3) is 0 Å². The van der Waals surface area contributed by atoms with Crippen LogP contribution >= 0.6 is 11.8 Å². The second-order valence-corrected chi connectivity index (χ2v) is 6.50. The number of nitrogens with two attached hydrogens (primary N) is 1. The standard InChI is InChI=1S/C14H22N2O2S/c1-2-19-13-5-3-4-11(7-13)16-14(17)10-6-12(8-15)18-9-10/h6,9,11,13H,2-5,7-8,15H2,1H3,(H,16,17). The van der Waals surface area contributed by atoms with E-state index in [1.54, 1.807) is 6.07 Å². The molecule has 1 aromatic rings. The first kappa shape index (κ1) is 14.5. The summed E-state index contributed by atoms with van der Waals surface area (Å²) in [6.07, 6.45) is 6.11. The van der Waals surface area contributed by atoms with Crippen molar-refractivity contribution >= 4 is 17.7 Å². The lowest BCUT2D eigenvalue weighted by molar-refractivity contribution is 0.0928. The van der Waals surface area contributed by atoms with Gasteiger partial charge in [-0.25, -0.2) is 0 Å². The van der Waals surface area contributed by atoms with Crippen molar-refractivity contribution in [2.45, 2.75) is 50.4 Å². The van der Waals surface area contributed by atoms with Crippen molar-refractivity contribution in [1.29, 1.82) is 0 Å². The lowest BCUT2D eigenvalue weighted by Gasteiger charge is -2.29. The molecule has 1 aliphatic rings. The molecule has 0 spiro atoms. The van der Waals surface area contributed by atoms with E-state index in [4.69, 9.17) is 10.2 Å². The first-order chi connectivity index (χ1) is 9.22. The SMILES string of the molecule is CCSC1CCCC(NC(=O)c2coc(CN)c2)C1. The molecule has 1 saturated carbocycles. The molecule has 1 aliphatic carbocycles. The third-order valence-corrected chi connectivity index (χ3v) is 4.71. The minimum Gasteiger partial charge on any atom is -0.467 e. The Morgan fingerprint density at radius 2 is 2.42 bits per heavy atom. The molecule has 1 heterocycles. The predicted molar refractivity (Wildman–Crippen MR) is 78.2 cm³/mol. The molecule has 0 aliphatic heterocycles. The summed E-state index contributed by atoms with van der Waals surface area (Å²) in [6.45, 7) is 2.51. The van der Waals surface area contributed by atoms with Gasteiger partial charge in [0, 0.05) is 11.3 Å². The van der Waals surface area contributed by atoms with Crippen molar-refractivity contribution in [2.24, 2.45) is 5.73 Å². The molecule has 1 fully saturated rings. The van der Waals surface area contributed by atoms with Crippen LogP contribution in [0, 0.1) is 0 Å². The van der Waals surface area contributed by atoms with Crippen LogP contribution in [-0.2, 0) is 6.54 Å². The summed E-state index contributed by atoms with van der Waals surface area (Å²) in [6, 6.07) is 2.01. The smallest absolute Gasteiger partial charge is 0.254 e. The Balaban J connectivity index is 1.87. The van der Waals surface area contributed by atoms with E-state index in [1.165, 1.54) is 19.1 Å².